The van der Waals surface area contributed by atoms with Gasteiger partial charge in [-0.25, -0.2) is 0 Å². The number of carbonyl (C=O) groups excluding carboxylic acids is 1. The Morgan fingerprint density at radius 1 is 1.15 bits per heavy atom. The Bertz CT molecular complexity index is 682. The number of carbonyl (C=O) groups is 1. The Labute approximate surface area is 156 Å². The Morgan fingerprint density at radius 2 is 1.88 bits per heavy atom. The van der Waals surface area contributed by atoms with Gasteiger partial charge < -0.3 is 14.5 Å². The van der Waals surface area contributed by atoms with Crippen LogP contribution in [0.2, 0.25) is 0 Å². The topological polar surface area (TPSA) is 36.0 Å². The number of ether oxygens (including phenoxy) is 1. The van der Waals surface area contributed by atoms with Crippen LogP contribution in [0, 0.1) is 0 Å². The van der Waals surface area contributed by atoms with Crippen LogP contribution in [0.25, 0.3) is 0 Å². The third-order valence-electron chi connectivity index (χ3n) is 6.07. The van der Waals surface area contributed by atoms with Crippen molar-refractivity contribution in [3.05, 3.63) is 42.3 Å². The minimum absolute atomic E-state index is 0.268. The highest BCUT2D eigenvalue weighted by Gasteiger charge is 2.37. The second-order valence-corrected chi connectivity index (χ2v) is 7.55. The van der Waals surface area contributed by atoms with E-state index in [1.165, 1.54) is 12.0 Å². The van der Waals surface area contributed by atoms with Crippen molar-refractivity contribution in [3.8, 4) is 0 Å². The van der Waals surface area contributed by atoms with Crippen LogP contribution in [0.3, 0.4) is 0 Å². The third-order valence-corrected chi connectivity index (χ3v) is 6.07. The van der Waals surface area contributed by atoms with Gasteiger partial charge in [0.25, 0.3) is 0 Å². The second-order valence-electron chi connectivity index (χ2n) is 7.55. The molecule has 1 aromatic rings. The quantitative estimate of drug-likeness (QED) is 0.761. The van der Waals surface area contributed by atoms with Gasteiger partial charge in [0.1, 0.15) is 0 Å². The summed E-state index contributed by atoms with van der Waals surface area (Å²) < 4.78 is 5.56. The van der Waals surface area contributed by atoms with Crippen molar-refractivity contribution in [1.29, 1.82) is 0 Å². The van der Waals surface area contributed by atoms with E-state index in [1.807, 2.05) is 19.1 Å². The molecule has 1 amide bonds. The van der Waals surface area contributed by atoms with Crippen LogP contribution in [0.5, 0.6) is 0 Å². The maximum Gasteiger partial charge on any atom is 0.231 e. The Morgan fingerprint density at radius 3 is 2.65 bits per heavy atom. The number of rotatable bonds is 5. The summed E-state index contributed by atoms with van der Waals surface area (Å²) in [6.07, 6.45) is 3.85. The summed E-state index contributed by atoms with van der Waals surface area (Å²) in [6, 6.07) is 9.17. The molecule has 1 aromatic carbocycles. The van der Waals surface area contributed by atoms with Gasteiger partial charge >= 0.3 is 0 Å². The molecule has 0 bridgehead atoms. The van der Waals surface area contributed by atoms with Crippen molar-refractivity contribution >= 4 is 11.6 Å². The highest BCUT2D eigenvalue weighted by molar-refractivity contribution is 6.01. The van der Waals surface area contributed by atoms with Gasteiger partial charge in [0.2, 0.25) is 5.91 Å². The number of piperidine rings is 1. The molecule has 0 aliphatic carbocycles. The molecule has 26 heavy (non-hydrogen) atoms. The molecule has 5 heteroatoms. The van der Waals surface area contributed by atoms with Crippen molar-refractivity contribution in [3.63, 3.8) is 0 Å². The molecule has 5 nitrogen and oxygen atoms in total. The lowest BCUT2D eigenvalue weighted by atomic mass is 10.0. The van der Waals surface area contributed by atoms with Crippen molar-refractivity contribution in [2.24, 2.45) is 0 Å². The van der Waals surface area contributed by atoms with Crippen LogP contribution in [0.15, 0.2) is 36.7 Å². The normalized spacial score (nSPS) is 24.2. The largest absolute Gasteiger partial charge is 0.480 e. The van der Waals surface area contributed by atoms with E-state index in [0.29, 0.717) is 25.1 Å². The number of benzene rings is 1. The van der Waals surface area contributed by atoms with E-state index in [1.54, 1.807) is 0 Å². The molecule has 0 radical (unpaired) electrons. The zero-order valence-electron chi connectivity index (χ0n) is 15.7. The summed E-state index contributed by atoms with van der Waals surface area (Å²) in [5.74, 6) is 1.08. The van der Waals surface area contributed by atoms with E-state index >= 15 is 0 Å². The van der Waals surface area contributed by atoms with Gasteiger partial charge in [0, 0.05) is 44.0 Å². The lowest BCUT2D eigenvalue weighted by molar-refractivity contribution is -0.118. The molecule has 3 aliphatic heterocycles. The SMILES string of the molecule is C=C(OCC)N1CCC(N2CCC(N3C(=O)Cc4ccccc43)CC2)C1. The van der Waals surface area contributed by atoms with Crippen LogP contribution in [0.4, 0.5) is 5.69 Å². The predicted molar refractivity (Wildman–Crippen MR) is 103 cm³/mol. The number of amides is 1. The molecule has 0 saturated carbocycles. The van der Waals surface area contributed by atoms with E-state index in [4.69, 9.17) is 4.74 Å². The lowest BCUT2D eigenvalue weighted by Crippen LogP contribution is -2.49. The number of fused-ring (bicyclic) bond motifs is 1. The molecule has 1 unspecified atom stereocenters. The maximum atomic E-state index is 12.5. The minimum Gasteiger partial charge on any atom is -0.480 e. The van der Waals surface area contributed by atoms with E-state index in [2.05, 4.69) is 33.4 Å². The molecule has 4 rings (SSSR count). The number of anilines is 1. The molecule has 0 spiro atoms. The first-order valence-electron chi connectivity index (χ1n) is 9.88. The predicted octanol–water partition coefficient (Wildman–Crippen LogP) is 2.62. The van der Waals surface area contributed by atoms with Gasteiger partial charge in [-0.2, -0.15) is 0 Å². The summed E-state index contributed by atoms with van der Waals surface area (Å²) in [4.78, 5) is 19.5. The zero-order chi connectivity index (χ0) is 18.1. The second kappa shape index (κ2) is 7.31. The molecule has 3 aliphatic rings. The third kappa shape index (κ3) is 3.20. The van der Waals surface area contributed by atoms with Crippen molar-refractivity contribution < 1.29 is 9.53 Å². The van der Waals surface area contributed by atoms with Gasteiger partial charge in [-0.1, -0.05) is 18.2 Å². The fraction of sp³-hybridized carbons (Fsp3) is 0.571. The van der Waals surface area contributed by atoms with Crippen molar-refractivity contribution in [2.45, 2.75) is 44.7 Å². The van der Waals surface area contributed by atoms with Crippen molar-refractivity contribution in [1.82, 2.24) is 9.80 Å². The van der Waals surface area contributed by atoms with Gasteiger partial charge in [-0.15, -0.1) is 0 Å². The minimum atomic E-state index is 0.268. The van der Waals surface area contributed by atoms with E-state index in [0.717, 1.165) is 50.6 Å². The molecule has 3 heterocycles. The zero-order valence-corrected chi connectivity index (χ0v) is 15.7. The first kappa shape index (κ1) is 17.4. The van der Waals surface area contributed by atoms with E-state index in [9.17, 15) is 4.79 Å². The van der Waals surface area contributed by atoms with Crippen LogP contribution in [-0.4, -0.2) is 60.6 Å². The van der Waals surface area contributed by atoms with Crippen LogP contribution < -0.4 is 4.90 Å². The number of likely N-dealkylation sites (tertiary alicyclic amines) is 2. The van der Waals surface area contributed by atoms with Crippen LogP contribution in [-0.2, 0) is 16.0 Å². The lowest BCUT2D eigenvalue weighted by Gasteiger charge is -2.39. The number of hydrogen-bond donors (Lipinski definition) is 0. The Hall–Kier alpha value is -2.01. The number of nitrogens with zero attached hydrogens (tertiary/aromatic N) is 3. The monoisotopic (exact) mass is 355 g/mol. The fourth-order valence-electron chi connectivity index (χ4n) is 4.71. The molecule has 0 N–H and O–H groups in total. The molecule has 1 atom stereocenters. The van der Waals surface area contributed by atoms with Gasteiger partial charge in [-0.3, -0.25) is 9.69 Å². The summed E-state index contributed by atoms with van der Waals surface area (Å²) in [7, 11) is 0. The molecule has 140 valence electrons. The first-order valence-corrected chi connectivity index (χ1v) is 9.88. The highest BCUT2D eigenvalue weighted by Crippen LogP contribution is 2.34. The number of hydrogen-bond acceptors (Lipinski definition) is 4. The smallest absolute Gasteiger partial charge is 0.231 e. The van der Waals surface area contributed by atoms with Crippen molar-refractivity contribution in [2.75, 3.05) is 37.7 Å². The summed E-state index contributed by atoms with van der Waals surface area (Å²) in [5, 5.41) is 0. The molecule has 2 fully saturated rings. The average molecular weight is 355 g/mol. The summed E-state index contributed by atoms with van der Waals surface area (Å²) >= 11 is 0. The van der Waals surface area contributed by atoms with E-state index in [-0.39, 0.29) is 5.91 Å². The average Bonchev–Trinajstić information content (AvgIpc) is 3.26. The summed E-state index contributed by atoms with van der Waals surface area (Å²) in [6.45, 7) is 10.9. The highest BCUT2D eigenvalue weighted by atomic mass is 16.5. The van der Waals surface area contributed by atoms with Gasteiger partial charge in [0.05, 0.1) is 13.0 Å². The van der Waals surface area contributed by atoms with Crippen LogP contribution >= 0.6 is 0 Å². The molecule has 2 saturated heterocycles. The number of para-hydroxylation sites is 1. The maximum absolute atomic E-state index is 12.5. The standard InChI is InChI=1S/C21H29N3O2/c1-3-26-16(2)23-13-10-19(15-23)22-11-8-18(9-12-22)24-20-7-5-4-6-17(20)14-21(24)25/h4-7,18-19H,2-3,8-15H2,1H3. The van der Waals surface area contributed by atoms with E-state index < -0.39 is 0 Å². The summed E-state index contributed by atoms with van der Waals surface area (Å²) in [5.41, 5.74) is 2.32. The first-order chi connectivity index (χ1) is 12.7. The van der Waals surface area contributed by atoms with Crippen LogP contribution in [0.1, 0.15) is 31.7 Å². The fourth-order valence-corrected chi connectivity index (χ4v) is 4.71. The molecular weight excluding hydrogens is 326 g/mol. The molecular formula is C21H29N3O2. The van der Waals surface area contributed by atoms with Gasteiger partial charge in [-0.05, 0) is 44.4 Å². The molecule has 0 aromatic heterocycles. The Kier molecular flexibility index (Phi) is 4.90. The van der Waals surface area contributed by atoms with Gasteiger partial charge in [0.15, 0.2) is 5.88 Å². The Balaban J connectivity index is 1.34.